The molecule has 0 heterocycles. The number of hydrogen-bond acceptors (Lipinski definition) is 9. The summed E-state index contributed by atoms with van der Waals surface area (Å²) in [7, 11) is -14.1. The zero-order valence-corrected chi connectivity index (χ0v) is 26.1. The summed E-state index contributed by atoms with van der Waals surface area (Å²) in [4.78, 5) is 0. The molecule has 0 fully saturated rings. The Morgan fingerprint density at radius 3 is 0.629 bits per heavy atom. The van der Waals surface area contributed by atoms with Gasteiger partial charge in [0.25, 0.3) is 0 Å². The topological polar surface area (TPSA) is 550 Å². The van der Waals surface area contributed by atoms with E-state index in [1.54, 1.807) is 0 Å². The van der Waals surface area contributed by atoms with Crippen LogP contribution in [0, 0.1) is 0 Å². The number of hydrogen-bond donors (Lipinski definition) is 0. The summed E-state index contributed by atoms with van der Waals surface area (Å²) in [6.07, 6.45) is 0. The molecule has 0 saturated carbocycles. The van der Waals surface area contributed by atoms with Gasteiger partial charge in [-0.1, -0.05) is 18.2 Å². The third kappa shape index (κ3) is 47.5. The summed E-state index contributed by atoms with van der Waals surface area (Å²) >= 11 is 0. The van der Waals surface area contributed by atoms with E-state index in [0.29, 0.717) is 0 Å². The first kappa shape index (κ1) is 92.0. The molecule has 0 aliphatic heterocycles. The number of benzene rings is 1. The van der Waals surface area contributed by atoms with Crippen molar-refractivity contribution in [2.75, 3.05) is 0 Å². The molecule has 0 aromatic heterocycles. The van der Waals surface area contributed by atoms with E-state index in [0.717, 1.165) is 18.2 Å². The molecule has 0 bridgehead atoms. The molecule has 0 radical (unpaired) electrons. The Bertz CT molecular complexity index is 729. The minimum atomic E-state index is -4.70. The van der Waals surface area contributed by atoms with Crippen LogP contribution in [0.25, 0.3) is 0 Å². The molecule has 218 valence electrons. The fourth-order valence-corrected chi connectivity index (χ4v) is 3.43. The molecule has 26 heteroatoms. The number of rotatable bonds is 6. The summed E-state index contributed by atoms with van der Waals surface area (Å²) < 4.78 is 96.1. The first-order valence-corrected chi connectivity index (χ1v) is 9.89. The van der Waals surface area contributed by atoms with Crippen LogP contribution in [0.4, 0.5) is 0 Å². The molecule has 35 heavy (non-hydrogen) atoms. The van der Waals surface area contributed by atoms with E-state index in [1.165, 1.54) is 0 Å². The minimum absolute atomic E-state index is 0. The average molecular weight is 704 g/mol. The maximum absolute atomic E-state index is 10.7. The van der Waals surface area contributed by atoms with E-state index in [-0.39, 0.29) is 121 Å². The normalized spacial score (nSPS) is 7.97. The predicted octanol–water partition coefficient (Wildman–Crippen LogP) is -11.1. The standard InChI is InChI=1S/C9H12O9S3.12H2O.2Zn/c10-19(11,12)4-7-1-8(5-20(13,14)15)3-9(2-7)6-21(16,17)18;;;;;;;;;;;;;;/h1-3H,4-6H2,(H,10,11,12)(H,13,14,15)(H,16,17,18);12*1H2;;/q;;;;;;;;;;;;;;+2/p-3. The van der Waals surface area contributed by atoms with Crippen molar-refractivity contribution in [1.82, 2.24) is 0 Å². The molecule has 0 amide bonds. The van der Waals surface area contributed by atoms with Crippen LogP contribution in [0.1, 0.15) is 16.7 Å². The first-order valence-electron chi connectivity index (χ1n) is 5.16. The Kier molecular flexibility index (Phi) is 88.6. The second kappa shape index (κ2) is 33.7. The van der Waals surface area contributed by atoms with Gasteiger partial charge in [-0.15, -0.1) is 0 Å². The van der Waals surface area contributed by atoms with E-state index in [1.807, 2.05) is 0 Å². The molecular formula is C9H33O21S3Zn2-. The molecule has 0 unspecified atom stereocenters. The molecule has 0 aliphatic carbocycles. The Morgan fingerprint density at radius 2 is 0.543 bits per heavy atom. The zero-order valence-electron chi connectivity index (χ0n) is 17.7. The molecule has 24 N–H and O–H groups in total. The van der Waals surface area contributed by atoms with Crippen LogP contribution < -0.4 is 0 Å². The Morgan fingerprint density at radius 1 is 0.429 bits per heavy atom. The van der Waals surface area contributed by atoms with Crippen molar-refractivity contribution in [3.63, 3.8) is 0 Å². The Labute approximate surface area is 225 Å². The monoisotopic (exact) mass is 701 g/mol. The molecule has 0 aliphatic rings. The molecule has 21 nitrogen and oxygen atoms in total. The maximum atomic E-state index is 10.7. The fourth-order valence-electron chi connectivity index (χ4n) is 1.70. The zero-order chi connectivity index (χ0) is 16.5. The molecule has 0 spiro atoms. The molecular weight excluding hydrogens is 671 g/mol. The van der Waals surface area contributed by atoms with Gasteiger partial charge in [-0.25, -0.2) is 25.3 Å². The van der Waals surface area contributed by atoms with Gasteiger partial charge in [-0.05, 0) is 16.7 Å². The van der Waals surface area contributed by atoms with Gasteiger partial charge >= 0.3 is 19.5 Å². The van der Waals surface area contributed by atoms with E-state index in [2.05, 4.69) is 0 Å². The smallest absolute Gasteiger partial charge is 0.748 e. The predicted molar refractivity (Wildman–Crippen MR) is 110 cm³/mol. The second-order valence-electron chi connectivity index (χ2n) is 4.26. The molecule has 0 atom stereocenters. The molecule has 1 rings (SSSR count). The van der Waals surface area contributed by atoms with Crippen LogP contribution in [0.2, 0.25) is 0 Å². The Hall–Kier alpha value is -0.283. The third-order valence-corrected chi connectivity index (χ3v) is 4.20. The van der Waals surface area contributed by atoms with Gasteiger partial charge in [-0.3, -0.25) is 0 Å². The van der Waals surface area contributed by atoms with Gasteiger partial charge in [-0.2, -0.15) is 0 Å². The van der Waals surface area contributed by atoms with Crippen molar-refractivity contribution in [3.05, 3.63) is 34.9 Å². The van der Waals surface area contributed by atoms with Crippen molar-refractivity contribution in [1.29, 1.82) is 0 Å². The van der Waals surface area contributed by atoms with Crippen LogP contribution in [-0.4, -0.2) is 105 Å². The summed E-state index contributed by atoms with van der Waals surface area (Å²) in [5.74, 6) is -3.07. The van der Waals surface area contributed by atoms with Crippen molar-refractivity contribution in [2.24, 2.45) is 0 Å². The van der Waals surface area contributed by atoms with Crippen LogP contribution in [-0.2, 0) is 86.6 Å². The van der Waals surface area contributed by atoms with Gasteiger partial charge in [0.2, 0.25) is 0 Å². The maximum Gasteiger partial charge on any atom is 2.00 e. The molecule has 1 aromatic carbocycles. The van der Waals surface area contributed by atoms with Crippen molar-refractivity contribution < 1.29 is 144 Å². The SMILES string of the molecule is O.O.O.O.O.O.O.O.O.O.O.O.O=S(=O)([O-])Cc1cc(CS(=O)(=O)[O-])cc(CS(=O)(=O)[O-])c1.[Zn+2].[Zn]. The van der Waals surface area contributed by atoms with E-state index in [4.69, 9.17) is 0 Å². The summed E-state index contributed by atoms with van der Waals surface area (Å²) in [6, 6.07) is 2.93. The van der Waals surface area contributed by atoms with E-state index in [9.17, 15) is 38.9 Å². The van der Waals surface area contributed by atoms with Crippen molar-refractivity contribution in [2.45, 2.75) is 17.3 Å². The van der Waals surface area contributed by atoms with E-state index < -0.39 is 47.6 Å². The first-order chi connectivity index (χ1) is 9.23. The molecule has 1 aromatic rings. The van der Waals surface area contributed by atoms with Gasteiger partial charge < -0.3 is 79.4 Å². The summed E-state index contributed by atoms with van der Waals surface area (Å²) in [5.41, 5.74) is -0.612. The largest absolute Gasteiger partial charge is 2.00 e. The van der Waals surface area contributed by atoms with Gasteiger partial charge in [0.15, 0.2) is 0 Å². The van der Waals surface area contributed by atoms with Crippen LogP contribution >= 0.6 is 0 Å². The summed E-state index contributed by atoms with van der Waals surface area (Å²) in [6.45, 7) is 0. The second-order valence-corrected chi connectivity index (χ2v) is 8.48. The van der Waals surface area contributed by atoms with Crippen molar-refractivity contribution >= 4 is 30.4 Å². The quantitative estimate of drug-likeness (QED) is 0.200. The third-order valence-electron chi connectivity index (χ3n) is 2.14. The van der Waals surface area contributed by atoms with Gasteiger partial charge in [0.1, 0.15) is 0 Å². The van der Waals surface area contributed by atoms with Crippen molar-refractivity contribution in [3.8, 4) is 0 Å². The summed E-state index contributed by atoms with van der Waals surface area (Å²) in [5, 5.41) is 0. The van der Waals surface area contributed by atoms with Gasteiger partial charge in [0, 0.05) is 19.5 Å². The van der Waals surface area contributed by atoms with Crippen LogP contribution in [0.3, 0.4) is 0 Å². The Balaban J connectivity index is -0.0000000262. The van der Waals surface area contributed by atoms with Crippen LogP contribution in [0.15, 0.2) is 18.2 Å². The van der Waals surface area contributed by atoms with Gasteiger partial charge in [0.05, 0.1) is 47.6 Å². The fraction of sp³-hybridized carbons (Fsp3) is 0.333. The van der Waals surface area contributed by atoms with Crippen LogP contribution in [0.5, 0.6) is 0 Å². The average Bonchev–Trinajstić information content (AvgIpc) is 2.06. The molecule has 0 saturated heterocycles. The van der Waals surface area contributed by atoms with E-state index >= 15 is 0 Å². The minimum Gasteiger partial charge on any atom is -0.748 e.